The second-order valence-electron chi connectivity index (χ2n) is 13.7. The molecule has 4 heteroatoms. The largest absolute Gasteiger partial charge is 0.481 e. The van der Waals surface area contributed by atoms with Crippen LogP contribution in [-0.2, 0) is 14.3 Å². The fraction of sp³-hybridized carbons (Fsp3) is 0.812. The van der Waals surface area contributed by atoms with Crippen LogP contribution in [0.1, 0.15) is 106 Å². The van der Waals surface area contributed by atoms with Crippen molar-refractivity contribution >= 4 is 11.9 Å². The lowest BCUT2D eigenvalue weighted by molar-refractivity contribution is -0.149. The van der Waals surface area contributed by atoms with Crippen molar-refractivity contribution in [1.29, 1.82) is 0 Å². The zero-order valence-corrected chi connectivity index (χ0v) is 24.0. The summed E-state index contributed by atoms with van der Waals surface area (Å²) in [5.74, 6) is 3.02. The Labute approximate surface area is 220 Å². The standard InChI is InChI=1S/C32H52O4/c1-8-32(6,30(34)35)20-26-17-28-25(14-22(26)3)13-12-21(2)27(28)11-9-10-23-15-24(16-29(33)36-7)19-31(4,5)18-23/h12-14,21-24,26-28H,8-11,15-20H2,1-7H3,(H,34,35)/t21-,22-,23+,24+,26?,27-,28?,32?/m0/s1. The lowest BCUT2D eigenvalue weighted by Crippen LogP contribution is -2.36. The molecule has 0 bridgehead atoms. The van der Waals surface area contributed by atoms with Crippen molar-refractivity contribution in [3.05, 3.63) is 23.8 Å². The minimum absolute atomic E-state index is 0.0678. The van der Waals surface area contributed by atoms with Crippen LogP contribution in [0.25, 0.3) is 0 Å². The van der Waals surface area contributed by atoms with Gasteiger partial charge >= 0.3 is 11.9 Å². The van der Waals surface area contributed by atoms with Gasteiger partial charge in [-0.25, -0.2) is 0 Å². The molecule has 0 saturated heterocycles. The van der Waals surface area contributed by atoms with Crippen molar-refractivity contribution in [3.8, 4) is 0 Å². The van der Waals surface area contributed by atoms with Crippen LogP contribution in [0.4, 0.5) is 0 Å². The van der Waals surface area contributed by atoms with Crippen LogP contribution >= 0.6 is 0 Å². The molecule has 3 unspecified atom stereocenters. The van der Waals surface area contributed by atoms with Crippen LogP contribution in [-0.4, -0.2) is 24.2 Å². The van der Waals surface area contributed by atoms with E-state index in [1.54, 1.807) is 0 Å². The second-order valence-corrected chi connectivity index (χ2v) is 13.7. The monoisotopic (exact) mass is 500 g/mol. The van der Waals surface area contributed by atoms with Gasteiger partial charge in [0.2, 0.25) is 0 Å². The van der Waals surface area contributed by atoms with E-state index in [2.05, 4.69) is 45.9 Å². The molecule has 0 spiro atoms. The molecule has 3 aliphatic rings. The van der Waals surface area contributed by atoms with E-state index >= 15 is 0 Å². The van der Waals surface area contributed by atoms with E-state index in [1.807, 2.05) is 13.8 Å². The molecule has 0 aliphatic heterocycles. The molecule has 3 aliphatic carbocycles. The maximum atomic E-state index is 12.0. The third kappa shape index (κ3) is 7.04. The van der Waals surface area contributed by atoms with Gasteiger partial charge in [-0.2, -0.15) is 0 Å². The number of hydrogen-bond acceptors (Lipinski definition) is 3. The van der Waals surface area contributed by atoms with Gasteiger partial charge in [-0.05, 0) is 104 Å². The van der Waals surface area contributed by atoms with E-state index in [9.17, 15) is 14.7 Å². The van der Waals surface area contributed by atoms with Gasteiger partial charge < -0.3 is 9.84 Å². The summed E-state index contributed by atoms with van der Waals surface area (Å²) < 4.78 is 4.96. The van der Waals surface area contributed by atoms with Crippen molar-refractivity contribution in [2.45, 2.75) is 106 Å². The number of hydrogen-bond donors (Lipinski definition) is 1. The van der Waals surface area contributed by atoms with Gasteiger partial charge in [0.15, 0.2) is 0 Å². The summed E-state index contributed by atoms with van der Waals surface area (Å²) in [5.41, 5.74) is 1.15. The lowest BCUT2D eigenvalue weighted by Gasteiger charge is -2.44. The van der Waals surface area contributed by atoms with Gasteiger partial charge in [0.25, 0.3) is 0 Å². The summed E-state index contributed by atoms with van der Waals surface area (Å²) in [4.78, 5) is 23.9. The normalized spacial score (nSPS) is 35.3. The Morgan fingerprint density at radius 3 is 2.44 bits per heavy atom. The Morgan fingerprint density at radius 1 is 1.11 bits per heavy atom. The number of ether oxygens (including phenoxy) is 1. The average Bonchev–Trinajstić information content (AvgIpc) is 2.80. The molecule has 0 aromatic heterocycles. The first-order valence-electron chi connectivity index (χ1n) is 14.6. The van der Waals surface area contributed by atoms with Crippen molar-refractivity contribution in [3.63, 3.8) is 0 Å². The van der Waals surface area contributed by atoms with Gasteiger partial charge in [-0.1, -0.05) is 65.7 Å². The Morgan fingerprint density at radius 2 is 1.81 bits per heavy atom. The number of aliphatic carboxylic acids is 1. The van der Waals surface area contributed by atoms with Crippen molar-refractivity contribution in [2.75, 3.05) is 7.11 Å². The van der Waals surface area contributed by atoms with Crippen LogP contribution in [0.3, 0.4) is 0 Å². The highest BCUT2D eigenvalue weighted by Crippen LogP contribution is 2.49. The van der Waals surface area contributed by atoms with Crippen molar-refractivity contribution in [1.82, 2.24) is 0 Å². The average molecular weight is 501 g/mol. The first-order valence-corrected chi connectivity index (χ1v) is 14.6. The fourth-order valence-corrected chi connectivity index (χ4v) is 7.93. The molecule has 4 nitrogen and oxygen atoms in total. The zero-order valence-electron chi connectivity index (χ0n) is 24.0. The summed E-state index contributed by atoms with van der Waals surface area (Å²) in [6.45, 7) is 13.3. The van der Waals surface area contributed by atoms with E-state index in [1.165, 1.54) is 38.4 Å². The maximum absolute atomic E-state index is 12.0. The Bertz CT molecular complexity index is 839. The molecule has 1 fully saturated rings. The molecular weight excluding hydrogens is 448 g/mol. The number of rotatable bonds is 10. The highest BCUT2D eigenvalue weighted by molar-refractivity contribution is 5.74. The van der Waals surface area contributed by atoms with Gasteiger partial charge in [-0.3, -0.25) is 9.59 Å². The molecule has 1 N–H and O–H groups in total. The highest BCUT2D eigenvalue weighted by atomic mass is 16.5. The minimum Gasteiger partial charge on any atom is -0.481 e. The number of esters is 1. The molecule has 3 rings (SSSR count). The minimum atomic E-state index is -0.652. The summed E-state index contributed by atoms with van der Waals surface area (Å²) >= 11 is 0. The van der Waals surface area contributed by atoms with Crippen LogP contribution < -0.4 is 0 Å². The number of carboxylic acid groups (broad SMARTS) is 1. The van der Waals surface area contributed by atoms with Crippen molar-refractivity contribution in [2.24, 2.45) is 52.3 Å². The van der Waals surface area contributed by atoms with E-state index in [-0.39, 0.29) is 5.97 Å². The molecule has 1 saturated carbocycles. The number of carboxylic acids is 1. The summed E-state index contributed by atoms with van der Waals surface area (Å²) in [6, 6.07) is 0. The van der Waals surface area contributed by atoms with Gasteiger partial charge in [-0.15, -0.1) is 0 Å². The molecule has 0 heterocycles. The summed E-state index contributed by atoms with van der Waals surface area (Å²) in [5, 5.41) is 9.88. The molecule has 0 aromatic rings. The molecule has 36 heavy (non-hydrogen) atoms. The number of allylic oxidation sites excluding steroid dienone is 4. The number of fused-ring (bicyclic) bond motifs is 1. The third-order valence-corrected chi connectivity index (χ3v) is 10.2. The topological polar surface area (TPSA) is 63.6 Å². The van der Waals surface area contributed by atoms with Gasteiger partial charge in [0, 0.05) is 6.42 Å². The molecule has 8 atom stereocenters. The lowest BCUT2D eigenvalue weighted by atomic mass is 9.61. The Kier molecular flexibility index (Phi) is 9.55. The van der Waals surface area contributed by atoms with Crippen LogP contribution in [0.5, 0.6) is 0 Å². The van der Waals surface area contributed by atoms with Crippen LogP contribution in [0.15, 0.2) is 23.8 Å². The summed E-state index contributed by atoms with van der Waals surface area (Å²) in [6.07, 6.45) is 17.6. The molecular formula is C32H52O4. The number of methoxy groups -OCH3 is 1. The Balaban J connectivity index is 1.63. The van der Waals surface area contributed by atoms with Crippen molar-refractivity contribution < 1.29 is 19.4 Å². The quantitative estimate of drug-likeness (QED) is 0.308. The Hall–Kier alpha value is -1.58. The van der Waals surface area contributed by atoms with E-state index in [4.69, 9.17) is 4.74 Å². The first-order chi connectivity index (χ1) is 16.9. The SMILES string of the molecule is CCC(C)(CC1CC2C(=C[C@@H]1C)C=C[C@H](C)[C@@H]2CCC[C@@H]1C[C@H](CC(=O)OC)CC(C)(C)C1)C(=O)O. The van der Waals surface area contributed by atoms with E-state index in [0.29, 0.717) is 59.7 Å². The highest BCUT2D eigenvalue weighted by Gasteiger charge is 2.41. The van der Waals surface area contributed by atoms with Crippen LogP contribution in [0, 0.1) is 52.3 Å². The smallest absolute Gasteiger partial charge is 0.309 e. The molecule has 0 amide bonds. The first kappa shape index (κ1) is 29.0. The van der Waals surface area contributed by atoms with Gasteiger partial charge in [0.1, 0.15) is 0 Å². The third-order valence-electron chi connectivity index (χ3n) is 10.2. The zero-order chi connectivity index (χ0) is 26.7. The number of carbonyl (C=O) groups excluding carboxylic acids is 1. The van der Waals surface area contributed by atoms with Gasteiger partial charge in [0.05, 0.1) is 12.5 Å². The fourth-order valence-electron chi connectivity index (χ4n) is 7.93. The maximum Gasteiger partial charge on any atom is 0.309 e. The predicted molar refractivity (Wildman–Crippen MR) is 146 cm³/mol. The molecule has 0 aromatic carbocycles. The number of carbonyl (C=O) groups is 2. The predicted octanol–water partition coefficient (Wildman–Crippen LogP) is 8.07. The van der Waals surface area contributed by atoms with E-state index < -0.39 is 11.4 Å². The second kappa shape index (κ2) is 11.9. The molecule has 204 valence electrons. The summed E-state index contributed by atoms with van der Waals surface area (Å²) in [7, 11) is 1.50. The molecule has 0 radical (unpaired) electrons. The van der Waals surface area contributed by atoms with E-state index in [0.717, 1.165) is 25.7 Å². The van der Waals surface area contributed by atoms with Crippen LogP contribution in [0.2, 0.25) is 0 Å².